The first-order valence-electron chi connectivity index (χ1n) is 10.2. The van der Waals surface area contributed by atoms with Crippen molar-refractivity contribution in [3.05, 3.63) is 93.2 Å². The Morgan fingerprint density at radius 3 is 2.48 bits per heavy atom. The van der Waals surface area contributed by atoms with Crippen LogP contribution in [0.15, 0.2) is 70.7 Å². The molecular formula is C26H22BrFN2O3. The van der Waals surface area contributed by atoms with Crippen LogP contribution < -0.4 is 14.8 Å². The van der Waals surface area contributed by atoms with Crippen LogP contribution in [0.5, 0.6) is 11.5 Å². The Kier molecular flexibility index (Phi) is 8.22. The third kappa shape index (κ3) is 6.43. The average molecular weight is 509 g/mol. The molecule has 0 aliphatic heterocycles. The van der Waals surface area contributed by atoms with Crippen molar-refractivity contribution in [1.29, 1.82) is 5.26 Å². The number of nitriles is 1. The highest BCUT2D eigenvalue weighted by molar-refractivity contribution is 9.10. The molecule has 0 heterocycles. The zero-order valence-electron chi connectivity index (χ0n) is 18.2. The second-order valence-electron chi connectivity index (χ2n) is 7.12. The van der Waals surface area contributed by atoms with Gasteiger partial charge in [0.05, 0.1) is 6.61 Å². The number of ether oxygens (including phenoxy) is 2. The third-order valence-corrected chi connectivity index (χ3v) is 5.37. The Morgan fingerprint density at radius 2 is 1.82 bits per heavy atom. The molecule has 0 fully saturated rings. The van der Waals surface area contributed by atoms with Crippen LogP contribution in [-0.2, 0) is 11.4 Å². The molecule has 3 aromatic carbocycles. The van der Waals surface area contributed by atoms with E-state index in [4.69, 9.17) is 9.47 Å². The summed E-state index contributed by atoms with van der Waals surface area (Å²) in [5.74, 6) is -0.0512. The largest absolute Gasteiger partial charge is 0.490 e. The van der Waals surface area contributed by atoms with Gasteiger partial charge in [-0.2, -0.15) is 5.26 Å². The van der Waals surface area contributed by atoms with Gasteiger partial charge in [0, 0.05) is 15.7 Å². The second-order valence-corrected chi connectivity index (χ2v) is 7.98. The maximum atomic E-state index is 13.9. The highest BCUT2D eigenvalue weighted by Gasteiger charge is 2.15. The molecule has 3 aromatic rings. The number of benzene rings is 3. The van der Waals surface area contributed by atoms with Crippen molar-refractivity contribution in [1.82, 2.24) is 0 Å². The Bertz CT molecular complexity index is 1220. The molecule has 0 spiro atoms. The SMILES string of the molecule is CCOc1cc(/C=C(\C#N)C(=O)Nc2ccc(C)cc2)c(Br)cc1OCc1ccccc1F. The van der Waals surface area contributed by atoms with E-state index in [1.165, 1.54) is 12.1 Å². The fraction of sp³-hybridized carbons (Fsp3) is 0.154. The number of nitrogens with one attached hydrogen (secondary N) is 1. The molecule has 0 aliphatic carbocycles. The van der Waals surface area contributed by atoms with Crippen molar-refractivity contribution in [2.45, 2.75) is 20.5 Å². The predicted molar refractivity (Wildman–Crippen MR) is 129 cm³/mol. The number of hydrogen-bond acceptors (Lipinski definition) is 4. The summed E-state index contributed by atoms with van der Waals surface area (Å²) < 4.78 is 26.0. The van der Waals surface area contributed by atoms with E-state index in [-0.39, 0.29) is 18.0 Å². The molecule has 1 N–H and O–H groups in total. The van der Waals surface area contributed by atoms with Gasteiger partial charge in [0.25, 0.3) is 5.91 Å². The number of amides is 1. The first-order chi connectivity index (χ1) is 15.9. The van der Waals surface area contributed by atoms with Crippen LogP contribution >= 0.6 is 15.9 Å². The van der Waals surface area contributed by atoms with E-state index >= 15 is 0 Å². The smallest absolute Gasteiger partial charge is 0.266 e. The van der Waals surface area contributed by atoms with Gasteiger partial charge in [-0.1, -0.05) is 51.8 Å². The lowest BCUT2D eigenvalue weighted by molar-refractivity contribution is -0.112. The molecule has 3 rings (SSSR count). The fourth-order valence-electron chi connectivity index (χ4n) is 2.95. The number of carbonyl (C=O) groups excluding carboxylic acids is 1. The second kappa shape index (κ2) is 11.3. The van der Waals surface area contributed by atoms with Crippen LogP contribution in [0.1, 0.15) is 23.6 Å². The van der Waals surface area contributed by atoms with Crippen molar-refractivity contribution < 1.29 is 18.7 Å². The highest BCUT2D eigenvalue weighted by Crippen LogP contribution is 2.35. The molecule has 0 atom stereocenters. The molecule has 7 heteroatoms. The van der Waals surface area contributed by atoms with Gasteiger partial charge < -0.3 is 14.8 Å². The number of halogens is 2. The highest BCUT2D eigenvalue weighted by atomic mass is 79.9. The van der Waals surface area contributed by atoms with Gasteiger partial charge in [-0.3, -0.25) is 4.79 Å². The third-order valence-electron chi connectivity index (χ3n) is 4.68. The van der Waals surface area contributed by atoms with Gasteiger partial charge in [-0.05, 0) is 55.8 Å². The zero-order valence-corrected chi connectivity index (χ0v) is 19.8. The van der Waals surface area contributed by atoms with E-state index in [9.17, 15) is 14.4 Å². The topological polar surface area (TPSA) is 71.3 Å². The normalized spacial score (nSPS) is 10.9. The molecule has 5 nitrogen and oxygen atoms in total. The molecule has 0 saturated carbocycles. The van der Waals surface area contributed by atoms with Crippen molar-refractivity contribution in [2.75, 3.05) is 11.9 Å². The maximum Gasteiger partial charge on any atom is 0.266 e. The summed E-state index contributed by atoms with van der Waals surface area (Å²) in [5.41, 5.74) is 2.57. The van der Waals surface area contributed by atoms with Crippen LogP contribution in [0, 0.1) is 24.1 Å². The molecule has 0 unspecified atom stereocenters. The summed E-state index contributed by atoms with van der Waals surface area (Å²) in [6.07, 6.45) is 1.47. The molecule has 0 aromatic heterocycles. The van der Waals surface area contributed by atoms with Crippen molar-refractivity contribution in [3.63, 3.8) is 0 Å². The van der Waals surface area contributed by atoms with Crippen LogP contribution in [0.2, 0.25) is 0 Å². The number of nitrogens with zero attached hydrogens (tertiary/aromatic N) is 1. The molecular weight excluding hydrogens is 487 g/mol. The fourth-order valence-corrected chi connectivity index (χ4v) is 3.39. The van der Waals surface area contributed by atoms with Crippen LogP contribution in [0.3, 0.4) is 0 Å². The summed E-state index contributed by atoms with van der Waals surface area (Å²) >= 11 is 3.46. The summed E-state index contributed by atoms with van der Waals surface area (Å²) in [6.45, 7) is 4.17. The summed E-state index contributed by atoms with van der Waals surface area (Å²) in [6, 6.07) is 18.9. The summed E-state index contributed by atoms with van der Waals surface area (Å²) in [5, 5.41) is 12.3. The number of aryl methyl sites for hydroxylation is 1. The van der Waals surface area contributed by atoms with Gasteiger partial charge in [0.2, 0.25) is 0 Å². The average Bonchev–Trinajstić information content (AvgIpc) is 2.80. The van der Waals surface area contributed by atoms with Crippen LogP contribution in [-0.4, -0.2) is 12.5 Å². The Hall–Kier alpha value is -3.63. The molecule has 1 amide bonds. The van der Waals surface area contributed by atoms with Crippen LogP contribution in [0.4, 0.5) is 10.1 Å². The van der Waals surface area contributed by atoms with Gasteiger partial charge in [0.15, 0.2) is 11.5 Å². The molecule has 168 valence electrons. The van der Waals surface area contributed by atoms with E-state index in [0.717, 1.165) is 5.56 Å². The molecule has 0 radical (unpaired) electrons. The lowest BCUT2D eigenvalue weighted by Crippen LogP contribution is -2.13. The lowest BCUT2D eigenvalue weighted by atomic mass is 10.1. The molecule has 0 saturated heterocycles. The predicted octanol–water partition coefficient (Wildman–Crippen LogP) is 6.42. The first kappa shape index (κ1) is 24.0. The van der Waals surface area contributed by atoms with Gasteiger partial charge in [-0.25, -0.2) is 4.39 Å². The quantitative estimate of drug-likeness (QED) is 0.281. The summed E-state index contributed by atoms with van der Waals surface area (Å²) in [4.78, 5) is 12.6. The number of anilines is 1. The molecule has 0 aliphatic rings. The number of rotatable bonds is 8. The standard InChI is InChI=1S/C26H22BrFN2O3/c1-3-32-24-13-19(12-20(15-29)26(31)30-21-10-8-17(2)9-11-21)22(27)14-25(24)33-16-18-6-4-5-7-23(18)28/h4-14H,3,16H2,1-2H3,(H,30,31)/b20-12+. The van der Waals surface area contributed by atoms with Crippen molar-refractivity contribution in [3.8, 4) is 17.6 Å². The van der Waals surface area contributed by atoms with E-state index in [2.05, 4.69) is 21.2 Å². The van der Waals surface area contributed by atoms with E-state index in [1.807, 2.05) is 32.0 Å². The minimum Gasteiger partial charge on any atom is -0.490 e. The Morgan fingerprint density at radius 1 is 1.12 bits per heavy atom. The van der Waals surface area contributed by atoms with Crippen molar-refractivity contribution >= 4 is 33.6 Å². The van der Waals surface area contributed by atoms with Gasteiger partial charge in [-0.15, -0.1) is 0 Å². The van der Waals surface area contributed by atoms with Gasteiger partial charge in [0.1, 0.15) is 24.1 Å². The minimum absolute atomic E-state index is 0.0246. The monoisotopic (exact) mass is 508 g/mol. The Balaban J connectivity index is 1.85. The van der Waals surface area contributed by atoms with Crippen molar-refractivity contribution in [2.24, 2.45) is 0 Å². The molecule has 33 heavy (non-hydrogen) atoms. The molecule has 0 bridgehead atoms. The zero-order chi connectivity index (χ0) is 23.8. The summed E-state index contributed by atoms with van der Waals surface area (Å²) in [7, 11) is 0. The van der Waals surface area contributed by atoms with Crippen LogP contribution in [0.25, 0.3) is 6.08 Å². The first-order valence-corrected chi connectivity index (χ1v) is 11.0. The van der Waals surface area contributed by atoms with E-state index in [0.29, 0.717) is 39.4 Å². The maximum absolute atomic E-state index is 13.9. The van der Waals surface area contributed by atoms with Gasteiger partial charge >= 0.3 is 0 Å². The number of hydrogen-bond donors (Lipinski definition) is 1. The number of carbonyl (C=O) groups is 1. The lowest BCUT2D eigenvalue weighted by Gasteiger charge is -2.14. The minimum atomic E-state index is -0.522. The van der Waals surface area contributed by atoms with E-state index in [1.54, 1.807) is 42.5 Å². The van der Waals surface area contributed by atoms with E-state index < -0.39 is 5.91 Å². The Labute approximate surface area is 200 Å².